The summed E-state index contributed by atoms with van der Waals surface area (Å²) in [5, 5.41) is 10.4. The Kier molecular flexibility index (Phi) is 9.58. The van der Waals surface area contributed by atoms with E-state index in [2.05, 4.69) is 5.32 Å². The second kappa shape index (κ2) is 11.6. The van der Waals surface area contributed by atoms with Crippen molar-refractivity contribution in [1.82, 2.24) is 5.32 Å². The van der Waals surface area contributed by atoms with Gasteiger partial charge in [0.25, 0.3) is 17.7 Å². The highest BCUT2D eigenvalue weighted by Gasteiger charge is 2.13. The minimum Gasteiger partial charge on any atom is -0.484 e. The van der Waals surface area contributed by atoms with Gasteiger partial charge in [0.1, 0.15) is 17.3 Å². The SMILES string of the molecule is Cl.N=C(N)c1ccc(CNC(=O)c2cc(Cl)cc(OCC(N)=O)c2)c(OCC(N)=O)c1. The summed E-state index contributed by atoms with van der Waals surface area (Å²) < 4.78 is 10.5. The summed E-state index contributed by atoms with van der Waals surface area (Å²) in [5.41, 5.74) is 16.7. The first kappa shape index (κ1) is 25.5. The average Bonchev–Trinajstić information content (AvgIpc) is 2.68. The lowest BCUT2D eigenvalue weighted by Crippen LogP contribution is -2.25. The first-order valence-electron chi connectivity index (χ1n) is 8.54. The van der Waals surface area contributed by atoms with Crippen molar-refractivity contribution >= 4 is 47.6 Å². The van der Waals surface area contributed by atoms with Crippen LogP contribution >= 0.6 is 24.0 Å². The van der Waals surface area contributed by atoms with E-state index < -0.39 is 17.7 Å². The van der Waals surface area contributed by atoms with E-state index in [4.69, 9.17) is 43.7 Å². The highest BCUT2D eigenvalue weighted by atomic mass is 35.5. The van der Waals surface area contributed by atoms with Crippen molar-refractivity contribution in [3.05, 3.63) is 58.1 Å². The monoisotopic (exact) mass is 469 g/mol. The Morgan fingerprint density at radius 1 is 0.935 bits per heavy atom. The zero-order valence-corrected chi connectivity index (χ0v) is 17.7. The first-order chi connectivity index (χ1) is 14.2. The maximum atomic E-state index is 12.5. The third kappa shape index (κ3) is 8.03. The molecule has 0 saturated carbocycles. The maximum Gasteiger partial charge on any atom is 0.255 e. The minimum absolute atomic E-state index is 0. The van der Waals surface area contributed by atoms with Gasteiger partial charge in [0.05, 0.1) is 0 Å². The summed E-state index contributed by atoms with van der Waals surface area (Å²) in [5.74, 6) is -1.55. The topological polar surface area (TPSA) is 184 Å². The zero-order chi connectivity index (χ0) is 22.3. The largest absolute Gasteiger partial charge is 0.484 e. The van der Waals surface area contributed by atoms with E-state index in [-0.39, 0.29) is 60.1 Å². The number of benzene rings is 2. The third-order valence-corrected chi connectivity index (χ3v) is 3.92. The number of carbonyl (C=O) groups is 3. The molecule has 0 atom stereocenters. The van der Waals surface area contributed by atoms with Crippen LogP contribution < -0.4 is 32.0 Å². The van der Waals surface area contributed by atoms with Crippen LogP contribution in [0.1, 0.15) is 21.5 Å². The van der Waals surface area contributed by atoms with Crippen molar-refractivity contribution in [3.63, 3.8) is 0 Å². The van der Waals surface area contributed by atoms with Gasteiger partial charge in [-0.3, -0.25) is 19.8 Å². The summed E-state index contributed by atoms with van der Waals surface area (Å²) in [6.45, 7) is -0.698. The Balaban J connectivity index is 0.00000480. The molecular weight excluding hydrogens is 449 g/mol. The number of halogens is 2. The van der Waals surface area contributed by atoms with Gasteiger partial charge in [0, 0.05) is 28.3 Å². The van der Waals surface area contributed by atoms with Gasteiger partial charge in [0.15, 0.2) is 13.2 Å². The molecule has 166 valence electrons. The lowest BCUT2D eigenvalue weighted by Gasteiger charge is -2.13. The Morgan fingerprint density at radius 3 is 2.19 bits per heavy atom. The van der Waals surface area contributed by atoms with Crippen LogP contribution in [-0.2, 0) is 16.1 Å². The van der Waals surface area contributed by atoms with Crippen LogP contribution in [0.2, 0.25) is 5.02 Å². The molecule has 10 nitrogen and oxygen atoms in total. The fraction of sp³-hybridized carbons (Fsp3) is 0.158. The third-order valence-electron chi connectivity index (χ3n) is 3.70. The molecule has 2 aromatic rings. The molecule has 3 amide bonds. The number of rotatable bonds is 10. The summed E-state index contributed by atoms with van der Waals surface area (Å²) in [6.07, 6.45) is 0. The fourth-order valence-corrected chi connectivity index (χ4v) is 2.59. The molecule has 12 heteroatoms. The molecule has 0 fully saturated rings. The van der Waals surface area contributed by atoms with Crippen LogP contribution in [0.25, 0.3) is 0 Å². The molecule has 2 aromatic carbocycles. The van der Waals surface area contributed by atoms with Crippen LogP contribution in [0.15, 0.2) is 36.4 Å². The molecule has 0 aromatic heterocycles. The number of nitrogen functional groups attached to an aromatic ring is 1. The molecule has 0 unspecified atom stereocenters. The minimum atomic E-state index is -0.680. The number of primary amides is 2. The van der Waals surface area contributed by atoms with Gasteiger partial charge >= 0.3 is 0 Å². The van der Waals surface area contributed by atoms with Crippen LogP contribution in [-0.4, -0.2) is 36.8 Å². The Morgan fingerprint density at radius 2 is 1.58 bits per heavy atom. The number of hydrogen-bond donors (Lipinski definition) is 5. The van der Waals surface area contributed by atoms with Crippen molar-refractivity contribution in [2.45, 2.75) is 6.54 Å². The molecule has 0 aliphatic carbocycles. The Hall–Kier alpha value is -3.50. The van der Waals surface area contributed by atoms with E-state index in [1.807, 2.05) is 0 Å². The van der Waals surface area contributed by atoms with E-state index in [0.29, 0.717) is 11.1 Å². The number of carbonyl (C=O) groups excluding carboxylic acids is 3. The molecule has 0 spiro atoms. The van der Waals surface area contributed by atoms with E-state index in [1.54, 1.807) is 12.1 Å². The fourth-order valence-electron chi connectivity index (χ4n) is 2.36. The van der Waals surface area contributed by atoms with Crippen LogP contribution in [0.4, 0.5) is 0 Å². The predicted octanol–water partition coefficient (Wildman–Crippen LogP) is 0.704. The number of hydrogen-bond acceptors (Lipinski definition) is 6. The van der Waals surface area contributed by atoms with Gasteiger partial charge < -0.3 is 32.0 Å². The molecule has 31 heavy (non-hydrogen) atoms. The molecule has 0 aliphatic rings. The standard InChI is InChI=1S/C19H20ClN5O5.ClH/c20-13-3-12(4-14(6-13)29-8-16(21)26)19(28)25-7-11-2-1-10(18(23)24)5-15(11)30-9-17(22)27;/h1-6H,7-9H2,(H2,21,26)(H2,22,27)(H3,23,24)(H,25,28);1H. The second-order valence-electron chi connectivity index (χ2n) is 6.10. The lowest BCUT2D eigenvalue weighted by molar-refractivity contribution is -0.120. The molecule has 0 saturated heterocycles. The highest BCUT2D eigenvalue weighted by Crippen LogP contribution is 2.23. The van der Waals surface area contributed by atoms with E-state index in [9.17, 15) is 14.4 Å². The molecular formula is C19H21Cl2N5O5. The number of nitrogens with two attached hydrogens (primary N) is 3. The summed E-state index contributed by atoms with van der Waals surface area (Å²) in [7, 11) is 0. The smallest absolute Gasteiger partial charge is 0.255 e. The van der Waals surface area contributed by atoms with Gasteiger partial charge in [-0.05, 0) is 24.3 Å². The molecule has 0 radical (unpaired) electrons. The number of amides is 3. The van der Waals surface area contributed by atoms with Crippen molar-refractivity contribution in [3.8, 4) is 11.5 Å². The predicted molar refractivity (Wildman–Crippen MR) is 117 cm³/mol. The highest BCUT2D eigenvalue weighted by molar-refractivity contribution is 6.31. The zero-order valence-electron chi connectivity index (χ0n) is 16.1. The Labute approximate surface area is 188 Å². The van der Waals surface area contributed by atoms with Crippen molar-refractivity contribution in [2.75, 3.05) is 13.2 Å². The maximum absolute atomic E-state index is 12.5. The van der Waals surface area contributed by atoms with Crippen LogP contribution in [0, 0.1) is 5.41 Å². The van der Waals surface area contributed by atoms with Gasteiger partial charge in [-0.25, -0.2) is 0 Å². The van der Waals surface area contributed by atoms with Crippen molar-refractivity contribution < 1.29 is 23.9 Å². The van der Waals surface area contributed by atoms with E-state index in [0.717, 1.165) is 0 Å². The van der Waals surface area contributed by atoms with E-state index >= 15 is 0 Å². The lowest BCUT2D eigenvalue weighted by atomic mass is 10.1. The molecule has 0 heterocycles. The second-order valence-corrected chi connectivity index (χ2v) is 6.54. The number of ether oxygens (including phenoxy) is 2. The van der Waals surface area contributed by atoms with Crippen molar-refractivity contribution in [1.29, 1.82) is 5.41 Å². The molecule has 0 bridgehead atoms. The summed E-state index contributed by atoms with van der Waals surface area (Å²) in [4.78, 5) is 34.4. The number of amidine groups is 1. The summed E-state index contributed by atoms with van der Waals surface area (Å²) >= 11 is 6.00. The van der Waals surface area contributed by atoms with Gasteiger partial charge in [-0.1, -0.05) is 23.7 Å². The average molecular weight is 470 g/mol. The number of nitrogens with one attached hydrogen (secondary N) is 2. The van der Waals surface area contributed by atoms with Crippen molar-refractivity contribution in [2.24, 2.45) is 17.2 Å². The Bertz CT molecular complexity index is 1000. The van der Waals surface area contributed by atoms with Gasteiger partial charge in [-0.2, -0.15) is 0 Å². The van der Waals surface area contributed by atoms with E-state index in [1.165, 1.54) is 24.3 Å². The normalized spacial score (nSPS) is 9.84. The van der Waals surface area contributed by atoms with Crippen LogP contribution in [0.5, 0.6) is 11.5 Å². The van der Waals surface area contributed by atoms with Crippen LogP contribution in [0.3, 0.4) is 0 Å². The molecule has 2 rings (SSSR count). The molecule has 8 N–H and O–H groups in total. The molecule has 0 aliphatic heterocycles. The van der Waals surface area contributed by atoms with Gasteiger partial charge in [-0.15, -0.1) is 12.4 Å². The van der Waals surface area contributed by atoms with Gasteiger partial charge in [0.2, 0.25) is 0 Å². The quantitative estimate of drug-likeness (QED) is 0.251. The first-order valence-corrected chi connectivity index (χ1v) is 8.92. The summed E-state index contributed by atoms with van der Waals surface area (Å²) in [6, 6.07) is 8.94.